The minimum Gasteiger partial charge on any atom is -0.374 e. The predicted octanol–water partition coefficient (Wildman–Crippen LogP) is -1.59. The fourth-order valence-corrected chi connectivity index (χ4v) is 4.62. The van der Waals surface area contributed by atoms with Crippen LogP contribution in [-0.2, 0) is 29.1 Å². The first kappa shape index (κ1) is 18.8. The van der Waals surface area contributed by atoms with Gasteiger partial charge in [0.15, 0.2) is 0 Å². The molecular formula is C14H22N4O8S. The Bertz CT molecular complexity index is 718. The van der Waals surface area contributed by atoms with E-state index >= 15 is 0 Å². The van der Waals surface area contributed by atoms with Crippen LogP contribution >= 0.6 is 0 Å². The lowest BCUT2D eigenvalue weighted by molar-refractivity contribution is -0.145. The van der Waals surface area contributed by atoms with E-state index in [0.717, 1.165) is 19.5 Å². The zero-order chi connectivity index (χ0) is 19.2. The summed E-state index contributed by atoms with van der Waals surface area (Å²) in [5, 5.41) is 3.85. The second kappa shape index (κ2) is 7.14. The number of nitrogens with one attached hydrogen (secondary N) is 2. The molecule has 4 aliphatic heterocycles. The third kappa shape index (κ3) is 3.75. The summed E-state index contributed by atoms with van der Waals surface area (Å²) < 4.78 is 40.6. The highest BCUT2D eigenvalue weighted by Gasteiger charge is 2.49. The van der Waals surface area contributed by atoms with E-state index in [1.165, 1.54) is 4.90 Å². The van der Waals surface area contributed by atoms with Crippen LogP contribution < -0.4 is 10.8 Å². The van der Waals surface area contributed by atoms with Gasteiger partial charge in [0.25, 0.3) is 5.91 Å². The SMILES string of the molecule is O=C(NOC1COC2CNCCC21)[C@@H]1CCC2CN1C(=O)N2OS(=O)(=O)O. The van der Waals surface area contributed by atoms with Gasteiger partial charge < -0.3 is 15.0 Å². The molecule has 4 unspecified atom stereocenters. The Morgan fingerprint density at radius 1 is 1.33 bits per heavy atom. The van der Waals surface area contributed by atoms with Crippen molar-refractivity contribution < 1.29 is 36.4 Å². The summed E-state index contributed by atoms with van der Waals surface area (Å²) in [5.41, 5.74) is 2.43. The first-order chi connectivity index (χ1) is 12.8. The molecule has 4 rings (SSSR count). The van der Waals surface area contributed by atoms with Crippen LogP contribution in [0.15, 0.2) is 0 Å². The number of hydrogen-bond acceptors (Lipinski definition) is 8. The molecule has 4 fully saturated rings. The number of piperidine rings is 2. The Hall–Kier alpha value is -1.51. The molecule has 13 heteroatoms. The summed E-state index contributed by atoms with van der Waals surface area (Å²) >= 11 is 0. The zero-order valence-electron chi connectivity index (χ0n) is 14.4. The fourth-order valence-electron chi connectivity index (χ4n) is 4.23. The van der Waals surface area contributed by atoms with Gasteiger partial charge in [-0.05, 0) is 25.8 Å². The number of fused-ring (bicyclic) bond motifs is 3. The summed E-state index contributed by atoms with van der Waals surface area (Å²) in [6.07, 6.45) is 1.41. The second-order valence-corrected chi connectivity index (χ2v) is 8.17. The monoisotopic (exact) mass is 406 g/mol. The minimum absolute atomic E-state index is 0.0717. The standard InChI is InChI=1S/C14H22N4O8S/c19-13(16-25-12-7-24-11-5-15-4-3-9(11)12)10-2-1-8-6-17(10)14(20)18(8)26-27(21,22)23/h8-12,15H,1-7H2,(H,16,19)(H,21,22,23)/t8?,9?,10-,11?,12?/m0/s1. The van der Waals surface area contributed by atoms with E-state index in [4.69, 9.17) is 14.1 Å². The number of urea groups is 1. The van der Waals surface area contributed by atoms with Crippen molar-refractivity contribution in [2.45, 2.75) is 43.6 Å². The van der Waals surface area contributed by atoms with Gasteiger partial charge in [0.2, 0.25) is 0 Å². The predicted molar refractivity (Wildman–Crippen MR) is 87.1 cm³/mol. The van der Waals surface area contributed by atoms with Crippen molar-refractivity contribution in [3.63, 3.8) is 0 Å². The van der Waals surface area contributed by atoms with Crippen molar-refractivity contribution in [1.82, 2.24) is 20.8 Å². The van der Waals surface area contributed by atoms with Crippen LogP contribution in [0.1, 0.15) is 19.3 Å². The highest BCUT2D eigenvalue weighted by Crippen LogP contribution is 2.31. The topological polar surface area (TPSA) is 147 Å². The molecular weight excluding hydrogens is 384 g/mol. The average Bonchev–Trinajstić information content (AvgIpc) is 3.14. The number of rotatable bonds is 5. The van der Waals surface area contributed by atoms with Crippen molar-refractivity contribution in [2.75, 3.05) is 26.2 Å². The summed E-state index contributed by atoms with van der Waals surface area (Å²) in [7, 11) is -4.82. The Labute approximate surface area is 155 Å². The number of carbonyl (C=O) groups is 2. The number of hydroxylamine groups is 3. The molecule has 0 aromatic rings. The minimum atomic E-state index is -4.82. The molecule has 3 N–H and O–H groups in total. The Morgan fingerprint density at radius 2 is 2.15 bits per heavy atom. The molecule has 0 spiro atoms. The molecule has 12 nitrogen and oxygen atoms in total. The highest BCUT2D eigenvalue weighted by atomic mass is 32.3. The molecule has 3 amide bonds. The zero-order valence-corrected chi connectivity index (χ0v) is 15.3. The van der Waals surface area contributed by atoms with Crippen molar-refractivity contribution in [3.05, 3.63) is 0 Å². The van der Waals surface area contributed by atoms with Gasteiger partial charge in [0.1, 0.15) is 12.1 Å². The molecule has 4 aliphatic rings. The van der Waals surface area contributed by atoms with Crippen LogP contribution in [0, 0.1) is 5.92 Å². The maximum absolute atomic E-state index is 12.5. The Kier molecular flexibility index (Phi) is 4.98. The molecule has 0 saturated carbocycles. The van der Waals surface area contributed by atoms with E-state index in [2.05, 4.69) is 15.1 Å². The van der Waals surface area contributed by atoms with E-state index in [1.54, 1.807) is 0 Å². The smallest absolute Gasteiger partial charge is 0.374 e. The number of ether oxygens (including phenoxy) is 1. The molecule has 0 aromatic heterocycles. The largest absolute Gasteiger partial charge is 0.418 e. The summed E-state index contributed by atoms with van der Waals surface area (Å²) in [6, 6.07) is -2.11. The van der Waals surface area contributed by atoms with Crippen LogP contribution in [0.4, 0.5) is 4.79 Å². The van der Waals surface area contributed by atoms with Gasteiger partial charge in [-0.1, -0.05) is 0 Å². The van der Waals surface area contributed by atoms with Gasteiger partial charge in [0, 0.05) is 19.0 Å². The number of amides is 3. The van der Waals surface area contributed by atoms with Crippen LogP contribution in [-0.4, -0.2) is 85.4 Å². The van der Waals surface area contributed by atoms with Crippen molar-refractivity contribution in [3.8, 4) is 0 Å². The van der Waals surface area contributed by atoms with Crippen LogP contribution in [0.25, 0.3) is 0 Å². The van der Waals surface area contributed by atoms with Gasteiger partial charge in [-0.25, -0.2) is 10.3 Å². The van der Waals surface area contributed by atoms with E-state index in [9.17, 15) is 18.0 Å². The summed E-state index contributed by atoms with van der Waals surface area (Å²) in [5.74, 6) is -0.276. The lowest BCUT2D eigenvalue weighted by Gasteiger charge is -2.30. The normalized spacial score (nSPS) is 36.0. The maximum atomic E-state index is 12.5. The van der Waals surface area contributed by atoms with Crippen molar-refractivity contribution in [1.29, 1.82) is 0 Å². The number of nitrogens with zero attached hydrogens (tertiary/aromatic N) is 2. The van der Waals surface area contributed by atoms with Gasteiger partial charge in [-0.3, -0.25) is 14.2 Å². The van der Waals surface area contributed by atoms with Crippen molar-refractivity contribution in [2.24, 2.45) is 5.92 Å². The molecule has 4 heterocycles. The van der Waals surface area contributed by atoms with Crippen molar-refractivity contribution >= 4 is 22.3 Å². The molecule has 4 saturated heterocycles. The molecule has 0 aromatic carbocycles. The number of hydrogen-bond donors (Lipinski definition) is 3. The van der Waals surface area contributed by atoms with Crippen LogP contribution in [0.5, 0.6) is 0 Å². The Morgan fingerprint density at radius 3 is 2.93 bits per heavy atom. The van der Waals surface area contributed by atoms with Crippen LogP contribution in [0.2, 0.25) is 0 Å². The molecule has 0 radical (unpaired) electrons. The van der Waals surface area contributed by atoms with E-state index in [-0.39, 0.29) is 24.7 Å². The van der Waals surface area contributed by atoms with E-state index < -0.39 is 34.4 Å². The summed E-state index contributed by atoms with van der Waals surface area (Å²) in [4.78, 5) is 31.6. The lowest BCUT2D eigenvalue weighted by Crippen LogP contribution is -2.51. The highest BCUT2D eigenvalue weighted by molar-refractivity contribution is 7.80. The van der Waals surface area contributed by atoms with Gasteiger partial charge in [-0.2, -0.15) is 13.5 Å². The number of carbonyl (C=O) groups excluding carboxylic acids is 2. The van der Waals surface area contributed by atoms with E-state index in [0.29, 0.717) is 24.5 Å². The molecule has 27 heavy (non-hydrogen) atoms. The van der Waals surface area contributed by atoms with Gasteiger partial charge >= 0.3 is 16.4 Å². The third-order valence-electron chi connectivity index (χ3n) is 5.54. The molecule has 2 bridgehead atoms. The summed E-state index contributed by atoms with van der Waals surface area (Å²) in [6.45, 7) is 2.15. The Balaban J connectivity index is 1.34. The van der Waals surface area contributed by atoms with E-state index in [1.807, 2.05) is 0 Å². The fraction of sp³-hybridized carbons (Fsp3) is 0.857. The molecule has 0 aliphatic carbocycles. The first-order valence-corrected chi connectivity index (χ1v) is 10.2. The van der Waals surface area contributed by atoms with Crippen LogP contribution in [0.3, 0.4) is 0 Å². The maximum Gasteiger partial charge on any atom is 0.418 e. The quantitative estimate of drug-likeness (QED) is 0.363. The second-order valence-electron chi connectivity index (χ2n) is 7.16. The lowest BCUT2D eigenvalue weighted by atomic mass is 9.92. The average molecular weight is 406 g/mol. The third-order valence-corrected chi connectivity index (χ3v) is 5.89. The van der Waals surface area contributed by atoms with Gasteiger partial charge in [-0.15, -0.1) is 4.28 Å². The molecule has 5 atom stereocenters. The first-order valence-electron chi connectivity index (χ1n) is 8.88. The molecule has 152 valence electrons. The van der Waals surface area contributed by atoms with Gasteiger partial charge in [0.05, 0.1) is 18.8 Å².